The van der Waals surface area contributed by atoms with Crippen molar-refractivity contribution in [3.8, 4) is 11.1 Å². The van der Waals surface area contributed by atoms with Crippen molar-refractivity contribution in [1.82, 2.24) is 10.6 Å². The Labute approximate surface area is 176 Å². The molecule has 2 aromatic rings. The van der Waals surface area contributed by atoms with Gasteiger partial charge in [0, 0.05) is 24.1 Å². The van der Waals surface area contributed by atoms with Gasteiger partial charge in [-0.25, -0.2) is 4.39 Å². The van der Waals surface area contributed by atoms with E-state index in [4.69, 9.17) is 16.3 Å². The highest BCUT2D eigenvalue weighted by Crippen LogP contribution is 2.29. The number of rotatable bonds is 6. The van der Waals surface area contributed by atoms with Crippen LogP contribution in [0.1, 0.15) is 23.2 Å². The van der Waals surface area contributed by atoms with Gasteiger partial charge in [0.2, 0.25) is 0 Å². The molecule has 3 rings (SSSR count). The number of benzene rings is 2. The molecule has 0 spiro atoms. The fourth-order valence-corrected chi connectivity index (χ4v) is 3.65. The van der Waals surface area contributed by atoms with Crippen LogP contribution in [0.2, 0.25) is 5.02 Å². The summed E-state index contributed by atoms with van der Waals surface area (Å²) in [6.07, 6.45) is 1.83. The third-order valence-electron chi connectivity index (χ3n) is 5.13. The first-order valence-electron chi connectivity index (χ1n) is 9.06. The number of hydrogen-bond acceptors (Lipinski definition) is 3. The highest BCUT2D eigenvalue weighted by Gasteiger charge is 2.32. The lowest BCUT2D eigenvalue weighted by atomic mass is 9.79. The summed E-state index contributed by atoms with van der Waals surface area (Å²) in [7, 11) is 1.67. The first-order chi connectivity index (χ1) is 13.0. The molecule has 0 unspecified atom stereocenters. The number of carbonyl (C=O) groups excluding carboxylic acids is 1. The van der Waals surface area contributed by atoms with Crippen molar-refractivity contribution in [3.63, 3.8) is 0 Å². The fraction of sp³-hybridized carbons (Fsp3) is 0.381. The molecule has 2 aromatic carbocycles. The molecule has 7 heteroatoms. The zero-order valence-corrected chi connectivity index (χ0v) is 17.3. The van der Waals surface area contributed by atoms with Crippen LogP contribution in [0.3, 0.4) is 0 Å². The van der Waals surface area contributed by atoms with Crippen LogP contribution >= 0.6 is 24.0 Å². The number of carbonyl (C=O) groups is 1. The zero-order chi connectivity index (χ0) is 19.3. The number of ether oxygens (including phenoxy) is 1. The molecule has 152 valence electrons. The summed E-state index contributed by atoms with van der Waals surface area (Å²) in [4.78, 5) is 12.5. The van der Waals surface area contributed by atoms with Gasteiger partial charge in [-0.2, -0.15) is 0 Å². The van der Waals surface area contributed by atoms with Gasteiger partial charge in [0.15, 0.2) is 0 Å². The summed E-state index contributed by atoms with van der Waals surface area (Å²) in [5.41, 5.74) is 1.50. The van der Waals surface area contributed by atoms with E-state index in [1.807, 2.05) is 12.1 Å². The third-order valence-corrected chi connectivity index (χ3v) is 5.38. The Kier molecular flexibility index (Phi) is 8.25. The third kappa shape index (κ3) is 5.45. The van der Waals surface area contributed by atoms with Gasteiger partial charge in [0.25, 0.3) is 5.91 Å². The smallest absolute Gasteiger partial charge is 0.254 e. The Morgan fingerprint density at radius 1 is 1.18 bits per heavy atom. The monoisotopic (exact) mass is 426 g/mol. The molecule has 4 nitrogen and oxygen atoms in total. The maximum absolute atomic E-state index is 14.6. The van der Waals surface area contributed by atoms with Crippen molar-refractivity contribution >= 4 is 29.9 Å². The molecule has 1 saturated heterocycles. The van der Waals surface area contributed by atoms with Crippen molar-refractivity contribution in [2.75, 3.05) is 33.4 Å². The normalized spacial score (nSPS) is 15.5. The van der Waals surface area contributed by atoms with Crippen LogP contribution in [0.15, 0.2) is 42.5 Å². The summed E-state index contributed by atoms with van der Waals surface area (Å²) in [6, 6.07) is 11.8. The summed E-state index contributed by atoms with van der Waals surface area (Å²) < 4.78 is 19.9. The minimum absolute atomic E-state index is 0. The Morgan fingerprint density at radius 2 is 1.82 bits per heavy atom. The molecule has 0 saturated carbocycles. The Morgan fingerprint density at radius 3 is 2.43 bits per heavy atom. The Hall–Kier alpha value is -1.66. The standard InChI is InChI=1S/C21H24ClFN2O2.ClH/c1-27-14-21(8-10-24-11-9-21)13-25-20(26)18-7-4-16(12-19(18)23)15-2-5-17(22)6-3-15;/h2-7,12,24H,8-11,13-14H2,1H3,(H,25,26);1H. The zero-order valence-electron chi connectivity index (χ0n) is 15.8. The summed E-state index contributed by atoms with van der Waals surface area (Å²) in [5.74, 6) is -0.935. The van der Waals surface area contributed by atoms with Gasteiger partial charge in [-0.05, 0) is 61.3 Å². The van der Waals surface area contributed by atoms with E-state index in [2.05, 4.69) is 10.6 Å². The number of nitrogens with one attached hydrogen (secondary N) is 2. The van der Waals surface area contributed by atoms with Crippen molar-refractivity contribution in [3.05, 3.63) is 58.9 Å². The second kappa shape index (κ2) is 10.2. The van der Waals surface area contributed by atoms with Crippen molar-refractivity contribution in [2.45, 2.75) is 12.8 Å². The first-order valence-corrected chi connectivity index (χ1v) is 9.44. The lowest BCUT2D eigenvalue weighted by Gasteiger charge is -2.37. The SMILES string of the molecule is COCC1(CNC(=O)c2ccc(-c3ccc(Cl)cc3)cc2F)CCNCC1.Cl. The fourth-order valence-electron chi connectivity index (χ4n) is 3.52. The highest BCUT2D eigenvalue weighted by atomic mass is 35.5. The molecule has 0 aromatic heterocycles. The average Bonchev–Trinajstić information content (AvgIpc) is 2.68. The van der Waals surface area contributed by atoms with Gasteiger partial charge in [-0.1, -0.05) is 29.8 Å². The van der Waals surface area contributed by atoms with Crippen molar-refractivity contribution in [2.24, 2.45) is 5.41 Å². The number of hydrogen-bond donors (Lipinski definition) is 2. The molecule has 28 heavy (non-hydrogen) atoms. The molecule has 1 amide bonds. The highest BCUT2D eigenvalue weighted by molar-refractivity contribution is 6.30. The van der Waals surface area contributed by atoms with Crippen molar-refractivity contribution < 1.29 is 13.9 Å². The van der Waals surface area contributed by atoms with E-state index in [0.717, 1.165) is 31.5 Å². The first kappa shape index (κ1) is 22.6. The summed E-state index contributed by atoms with van der Waals surface area (Å²) in [5, 5.41) is 6.84. The summed E-state index contributed by atoms with van der Waals surface area (Å²) >= 11 is 5.89. The molecule has 2 N–H and O–H groups in total. The van der Waals surface area contributed by atoms with Gasteiger partial charge < -0.3 is 15.4 Å². The summed E-state index contributed by atoms with van der Waals surface area (Å²) in [6.45, 7) is 2.83. The number of halogens is 3. The van der Waals surface area contributed by atoms with Crippen LogP contribution in [0, 0.1) is 11.2 Å². The molecule has 0 radical (unpaired) electrons. The molecule has 1 aliphatic heterocycles. The van der Waals surface area contributed by atoms with Gasteiger partial charge in [-0.15, -0.1) is 12.4 Å². The van der Waals surface area contributed by atoms with E-state index in [1.54, 1.807) is 25.3 Å². The number of methoxy groups -OCH3 is 1. The van der Waals surface area contributed by atoms with Crippen LogP contribution in [-0.4, -0.2) is 39.3 Å². The van der Waals surface area contributed by atoms with E-state index in [9.17, 15) is 9.18 Å². The van der Waals surface area contributed by atoms with Gasteiger partial charge in [0.1, 0.15) is 5.82 Å². The molecule has 0 atom stereocenters. The minimum Gasteiger partial charge on any atom is -0.384 e. The molecule has 0 aliphatic carbocycles. The molecular weight excluding hydrogens is 402 g/mol. The second-order valence-electron chi connectivity index (χ2n) is 7.07. The molecule has 1 heterocycles. The largest absolute Gasteiger partial charge is 0.384 e. The van der Waals surface area contributed by atoms with Gasteiger partial charge in [-0.3, -0.25) is 4.79 Å². The van der Waals surface area contributed by atoms with Gasteiger partial charge in [0.05, 0.1) is 12.2 Å². The average molecular weight is 427 g/mol. The number of amides is 1. The quantitative estimate of drug-likeness (QED) is 0.722. The van der Waals surface area contributed by atoms with Crippen molar-refractivity contribution in [1.29, 1.82) is 0 Å². The topological polar surface area (TPSA) is 50.4 Å². The van der Waals surface area contributed by atoms with E-state index in [-0.39, 0.29) is 23.4 Å². The second-order valence-corrected chi connectivity index (χ2v) is 7.50. The molecule has 0 bridgehead atoms. The minimum atomic E-state index is -0.536. The van der Waals surface area contributed by atoms with Crippen LogP contribution in [0.5, 0.6) is 0 Å². The van der Waals surface area contributed by atoms with E-state index in [1.165, 1.54) is 12.1 Å². The molecule has 1 fully saturated rings. The van der Waals surface area contributed by atoms with E-state index < -0.39 is 11.7 Å². The lowest BCUT2D eigenvalue weighted by molar-refractivity contribution is 0.0511. The maximum Gasteiger partial charge on any atom is 0.254 e. The van der Waals surface area contributed by atoms with Crippen LogP contribution in [0.4, 0.5) is 4.39 Å². The Balaban J connectivity index is 0.00000280. The van der Waals surface area contributed by atoms with Gasteiger partial charge >= 0.3 is 0 Å². The predicted octanol–water partition coefficient (Wildman–Crippen LogP) is 4.31. The van der Waals surface area contributed by atoms with E-state index in [0.29, 0.717) is 23.7 Å². The predicted molar refractivity (Wildman–Crippen MR) is 113 cm³/mol. The molecular formula is C21H25Cl2FN2O2. The number of piperidine rings is 1. The van der Waals surface area contributed by atoms with Crippen LogP contribution in [0.25, 0.3) is 11.1 Å². The van der Waals surface area contributed by atoms with Crippen LogP contribution < -0.4 is 10.6 Å². The molecule has 1 aliphatic rings. The Bertz CT molecular complexity index is 788. The lowest BCUT2D eigenvalue weighted by Crippen LogP contribution is -2.47. The van der Waals surface area contributed by atoms with Crippen LogP contribution in [-0.2, 0) is 4.74 Å². The van der Waals surface area contributed by atoms with E-state index >= 15 is 0 Å². The maximum atomic E-state index is 14.6.